The number of hydrogen-bond donors (Lipinski definition) is 2. The van der Waals surface area contributed by atoms with Gasteiger partial charge in [-0.3, -0.25) is 4.90 Å². The minimum Gasteiger partial charge on any atom is -0.395 e. The van der Waals surface area contributed by atoms with Crippen molar-refractivity contribution in [2.45, 2.75) is 56.8 Å². The fourth-order valence-electron chi connectivity index (χ4n) is 3.52. The van der Waals surface area contributed by atoms with Crippen LogP contribution in [0.15, 0.2) is 0 Å². The van der Waals surface area contributed by atoms with Gasteiger partial charge >= 0.3 is 6.18 Å². The van der Waals surface area contributed by atoms with Gasteiger partial charge in [-0.25, -0.2) is 0 Å². The smallest absolute Gasteiger partial charge is 0.391 e. The van der Waals surface area contributed by atoms with E-state index in [4.69, 9.17) is 0 Å². The van der Waals surface area contributed by atoms with Crippen molar-refractivity contribution in [3.63, 3.8) is 0 Å². The Morgan fingerprint density at radius 3 is 2.30 bits per heavy atom. The van der Waals surface area contributed by atoms with Gasteiger partial charge in [-0.1, -0.05) is 0 Å². The van der Waals surface area contributed by atoms with E-state index in [9.17, 15) is 18.3 Å². The molecule has 1 saturated heterocycles. The molecular formula is C14H25F3N2O. The first kappa shape index (κ1) is 16.0. The lowest BCUT2D eigenvalue weighted by molar-refractivity contribution is -0.184. The van der Waals surface area contributed by atoms with Gasteiger partial charge in [-0.15, -0.1) is 0 Å². The topological polar surface area (TPSA) is 35.5 Å². The Bertz CT molecular complexity index is 285. The minimum absolute atomic E-state index is 0.0753. The van der Waals surface area contributed by atoms with Gasteiger partial charge in [0.15, 0.2) is 0 Å². The Morgan fingerprint density at radius 1 is 1.10 bits per heavy atom. The molecule has 0 bridgehead atoms. The predicted molar refractivity (Wildman–Crippen MR) is 71.5 cm³/mol. The van der Waals surface area contributed by atoms with E-state index in [1.165, 1.54) is 6.42 Å². The molecule has 1 aliphatic carbocycles. The third kappa shape index (κ3) is 4.33. The molecule has 6 heteroatoms. The van der Waals surface area contributed by atoms with E-state index in [0.717, 1.165) is 19.5 Å². The van der Waals surface area contributed by atoms with E-state index in [1.807, 2.05) is 0 Å². The van der Waals surface area contributed by atoms with Crippen LogP contribution in [0.1, 0.15) is 38.5 Å². The molecule has 1 aliphatic heterocycles. The van der Waals surface area contributed by atoms with Crippen LogP contribution in [0.3, 0.4) is 0 Å². The molecule has 1 saturated carbocycles. The maximum atomic E-state index is 12.7. The van der Waals surface area contributed by atoms with E-state index in [2.05, 4.69) is 10.2 Å². The molecular weight excluding hydrogens is 269 g/mol. The van der Waals surface area contributed by atoms with Crippen LogP contribution in [0.25, 0.3) is 0 Å². The number of aliphatic hydroxyl groups excluding tert-OH is 1. The molecule has 2 fully saturated rings. The highest BCUT2D eigenvalue weighted by molar-refractivity contribution is 4.86. The highest BCUT2D eigenvalue weighted by Crippen LogP contribution is 2.38. The Labute approximate surface area is 118 Å². The molecule has 2 rings (SSSR count). The van der Waals surface area contributed by atoms with Gasteiger partial charge in [-0.05, 0) is 45.1 Å². The number of aliphatic hydroxyl groups is 1. The van der Waals surface area contributed by atoms with E-state index < -0.39 is 12.1 Å². The van der Waals surface area contributed by atoms with Crippen LogP contribution >= 0.6 is 0 Å². The summed E-state index contributed by atoms with van der Waals surface area (Å²) in [5, 5.41) is 12.6. The van der Waals surface area contributed by atoms with Gasteiger partial charge in [0.25, 0.3) is 0 Å². The zero-order valence-electron chi connectivity index (χ0n) is 11.8. The Balaban J connectivity index is 1.84. The third-order valence-corrected chi connectivity index (χ3v) is 4.68. The summed E-state index contributed by atoms with van der Waals surface area (Å²) in [4.78, 5) is 2.19. The fourth-order valence-corrected chi connectivity index (χ4v) is 3.52. The molecule has 0 amide bonds. The fraction of sp³-hybridized carbons (Fsp3) is 1.00. The first-order valence-electron chi connectivity index (χ1n) is 7.65. The zero-order valence-corrected chi connectivity index (χ0v) is 11.8. The second kappa shape index (κ2) is 7.09. The zero-order chi connectivity index (χ0) is 14.6. The summed E-state index contributed by atoms with van der Waals surface area (Å²) >= 11 is 0. The monoisotopic (exact) mass is 294 g/mol. The van der Waals surface area contributed by atoms with E-state index in [0.29, 0.717) is 25.4 Å². The lowest BCUT2D eigenvalue weighted by atomic mass is 9.84. The van der Waals surface area contributed by atoms with Gasteiger partial charge < -0.3 is 10.4 Å². The molecule has 0 aromatic rings. The van der Waals surface area contributed by atoms with Crippen molar-refractivity contribution in [3.05, 3.63) is 0 Å². The van der Waals surface area contributed by atoms with Gasteiger partial charge in [0.2, 0.25) is 0 Å². The Hall–Kier alpha value is -0.330. The van der Waals surface area contributed by atoms with Crippen molar-refractivity contribution in [2.75, 3.05) is 26.2 Å². The summed E-state index contributed by atoms with van der Waals surface area (Å²) in [6.07, 6.45) is -0.103. The van der Waals surface area contributed by atoms with Crippen molar-refractivity contribution in [2.24, 2.45) is 5.92 Å². The van der Waals surface area contributed by atoms with Crippen LogP contribution in [0.2, 0.25) is 0 Å². The first-order chi connectivity index (χ1) is 9.50. The maximum absolute atomic E-state index is 12.7. The Kier molecular flexibility index (Phi) is 5.69. The molecule has 20 heavy (non-hydrogen) atoms. The van der Waals surface area contributed by atoms with Crippen LogP contribution in [0.4, 0.5) is 13.2 Å². The van der Waals surface area contributed by atoms with Crippen LogP contribution in [0, 0.1) is 5.92 Å². The van der Waals surface area contributed by atoms with Crippen molar-refractivity contribution >= 4 is 0 Å². The van der Waals surface area contributed by atoms with Crippen LogP contribution in [-0.2, 0) is 0 Å². The molecule has 0 radical (unpaired) electrons. The lowest BCUT2D eigenvalue weighted by Crippen LogP contribution is -2.46. The summed E-state index contributed by atoms with van der Waals surface area (Å²) in [6.45, 7) is 2.52. The quantitative estimate of drug-likeness (QED) is 0.815. The van der Waals surface area contributed by atoms with Crippen molar-refractivity contribution in [1.29, 1.82) is 0 Å². The summed E-state index contributed by atoms with van der Waals surface area (Å²) in [5.41, 5.74) is 0. The van der Waals surface area contributed by atoms with E-state index in [-0.39, 0.29) is 25.5 Å². The third-order valence-electron chi connectivity index (χ3n) is 4.68. The second-order valence-electron chi connectivity index (χ2n) is 6.06. The van der Waals surface area contributed by atoms with Gasteiger partial charge in [0, 0.05) is 25.2 Å². The summed E-state index contributed by atoms with van der Waals surface area (Å²) < 4.78 is 38.0. The van der Waals surface area contributed by atoms with Crippen LogP contribution < -0.4 is 5.32 Å². The first-order valence-corrected chi connectivity index (χ1v) is 7.65. The van der Waals surface area contributed by atoms with Crippen LogP contribution in [-0.4, -0.2) is 54.5 Å². The van der Waals surface area contributed by atoms with E-state index in [1.54, 1.807) is 0 Å². The van der Waals surface area contributed by atoms with Crippen molar-refractivity contribution in [3.8, 4) is 0 Å². The number of nitrogens with one attached hydrogen (secondary N) is 1. The number of halogens is 3. The molecule has 2 N–H and O–H groups in total. The number of hydrogen-bond acceptors (Lipinski definition) is 3. The predicted octanol–water partition coefficient (Wildman–Crippen LogP) is 2.15. The van der Waals surface area contributed by atoms with Gasteiger partial charge in [0.05, 0.1) is 12.5 Å². The Morgan fingerprint density at radius 2 is 1.80 bits per heavy atom. The molecule has 118 valence electrons. The average Bonchev–Trinajstić information content (AvgIpc) is 2.90. The normalized spacial score (nSPS) is 31.9. The van der Waals surface area contributed by atoms with Gasteiger partial charge in [0.1, 0.15) is 0 Å². The molecule has 1 heterocycles. The van der Waals surface area contributed by atoms with Crippen molar-refractivity contribution in [1.82, 2.24) is 10.2 Å². The maximum Gasteiger partial charge on any atom is 0.391 e. The highest BCUT2D eigenvalue weighted by atomic mass is 19.4. The van der Waals surface area contributed by atoms with Crippen LogP contribution in [0.5, 0.6) is 0 Å². The average molecular weight is 294 g/mol. The summed E-state index contributed by atoms with van der Waals surface area (Å²) in [5.74, 6) is -1.13. The molecule has 1 atom stereocenters. The lowest BCUT2D eigenvalue weighted by Gasteiger charge is -2.38. The summed E-state index contributed by atoms with van der Waals surface area (Å²) in [6, 6.07) is 0.630. The van der Waals surface area contributed by atoms with Gasteiger partial charge in [-0.2, -0.15) is 13.2 Å². The number of nitrogens with zero attached hydrogens (tertiary/aromatic N) is 1. The van der Waals surface area contributed by atoms with E-state index >= 15 is 0 Å². The second-order valence-corrected chi connectivity index (χ2v) is 6.06. The minimum atomic E-state index is -4.04. The molecule has 3 nitrogen and oxygen atoms in total. The SMILES string of the molecule is OCCN(CC1CCCN1)C1CCC(C(F)(F)F)CC1. The number of alkyl halides is 3. The number of rotatable bonds is 5. The largest absolute Gasteiger partial charge is 0.395 e. The van der Waals surface area contributed by atoms with Crippen molar-refractivity contribution < 1.29 is 18.3 Å². The molecule has 2 aliphatic rings. The molecule has 1 unspecified atom stereocenters. The molecule has 0 aromatic heterocycles. The molecule has 0 aromatic carbocycles. The standard InChI is InChI=1S/C14H25F3N2O/c15-14(16,17)11-3-5-13(6-4-11)19(8-9-20)10-12-2-1-7-18-12/h11-13,18,20H,1-10H2. The molecule has 0 spiro atoms. The summed E-state index contributed by atoms with van der Waals surface area (Å²) in [7, 11) is 0. The highest BCUT2D eigenvalue weighted by Gasteiger charge is 2.42.